The molecule has 5 heteroatoms. The highest BCUT2D eigenvalue weighted by Crippen LogP contribution is 2.36. The molecule has 0 aromatic rings. The second-order valence-corrected chi connectivity index (χ2v) is 20.9. The van der Waals surface area contributed by atoms with Gasteiger partial charge in [-0.1, -0.05) is 59.0 Å². The topological polar surface area (TPSA) is 27.7 Å². The van der Waals surface area contributed by atoms with E-state index >= 15 is 0 Å². The first kappa shape index (κ1) is 26.1. The summed E-state index contributed by atoms with van der Waals surface area (Å²) in [5.74, 6) is 0.596. The molecule has 0 radical (unpaired) electrons. The van der Waals surface area contributed by atoms with Crippen LogP contribution in [0.3, 0.4) is 0 Å². The van der Waals surface area contributed by atoms with Gasteiger partial charge in [0.25, 0.3) is 0 Å². The SMILES string of the molecule is C/C(=C\CC[C@H](C)CO[Si](C)(C)C(C)(C)C)COCOCC[Si](C)(C)C. The lowest BCUT2D eigenvalue weighted by molar-refractivity contribution is -0.0413. The first-order valence-corrected chi connectivity index (χ1v) is 16.8. The fourth-order valence-corrected chi connectivity index (χ4v) is 3.91. The average Bonchev–Trinajstić information content (AvgIpc) is 2.46. The molecule has 0 saturated carbocycles. The highest BCUT2D eigenvalue weighted by atomic mass is 28.4. The second-order valence-electron chi connectivity index (χ2n) is 10.5. The number of ether oxygens (including phenoxy) is 2. The van der Waals surface area contributed by atoms with Crippen LogP contribution in [-0.4, -0.2) is 43.0 Å². The van der Waals surface area contributed by atoms with Crippen molar-refractivity contribution < 1.29 is 13.9 Å². The maximum absolute atomic E-state index is 6.32. The standard InChI is InChI=1S/C21H46O3Si2/c1-19(16-23-18-22-14-15-25(6,7)8)12-11-13-20(2)17-24-26(9,10)21(3,4)5/h12,20H,11,13-18H2,1-10H3/b19-12+/t20-/m0/s1. The normalized spacial score (nSPS) is 15.4. The van der Waals surface area contributed by atoms with Gasteiger partial charge in [-0.3, -0.25) is 0 Å². The highest BCUT2D eigenvalue weighted by Gasteiger charge is 2.37. The van der Waals surface area contributed by atoms with Crippen LogP contribution in [0.1, 0.15) is 47.5 Å². The van der Waals surface area contributed by atoms with Crippen LogP contribution in [-0.2, 0) is 13.9 Å². The van der Waals surface area contributed by atoms with Crippen molar-refractivity contribution in [2.75, 3.05) is 26.6 Å². The van der Waals surface area contributed by atoms with Crippen molar-refractivity contribution in [2.24, 2.45) is 5.92 Å². The summed E-state index contributed by atoms with van der Waals surface area (Å²) >= 11 is 0. The van der Waals surface area contributed by atoms with Gasteiger partial charge in [-0.2, -0.15) is 0 Å². The Balaban J connectivity index is 3.86. The van der Waals surface area contributed by atoms with E-state index in [0.717, 1.165) is 19.6 Å². The van der Waals surface area contributed by atoms with Crippen molar-refractivity contribution >= 4 is 16.4 Å². The summed E-state index contributed by atoms with van der Waals surface area (Å²) in [6.07, 6.45) is 4.55. The van der Waals surface area contributed by atoms with Crippen LogP contribution in [0.4, 0.5) is 0 Å². The molecule has 0 spiro atoms. The van der Waals surface area contributed by atoms with Crippen LogP contribution >= 0.6 is 0 Å². The van der Waals surface area contributed by atoms with Gasteiger partial charge in [-0.15, -0.1) is 0 Å². The summed E-state index contributed by atoms with van der Waals surface area (Å²) in [5, 5.41) is 0.289. The molecule has 0 rings (SSSR count). The van der Waals surface area contributed by atoms with E-state index in [9.17, 15) is 0 Å². The maximum Gasteiger partial charge on any atom is 0.191 e. The Bertz CT molecular complexity index is 406. The van der Waals surface area contributed by atoms with Gasteiger partial charge >= 0.3 is 0 Å². The van der Waals surface area contributed by atoms with Crippen LogP contribution in [0.25, 0.3) is 0 Å². The van der Waals surface area contributed by atoms with Crippen LogP contribution < -0.4 is 0 Å². The molecule has 26 heavy (non-hydrogen) atoms. The van der Waals surface area contributed by atoms with E-state index in [2.05, 4.69) is 73.4 Å². The molecule has 0 saturated heterocycles. The van der Waals surface area contributed by atoms with Crippen LogP contribution in [0, 0.1) is 5.92 Å². The number of allylic oxidation sites excluding steroid dienone is 1. The predicted octanol–water partition coefficient (Wildman–Crippen LogP) is 6.70. The van der Waals surface area contributed by atoms with Crippen molar-refractivity contribution in [2.45, 2.75) is 91.3 Å². The molecule has 0 aliphatic heterocycles. The Morgan fingerprint density at radius 3 is 2.19 bits per heavy atom. The van der Waals surface area contributed by atoms with Gasteiger partial charge < -0.3 is 13.9 Å². The van der Waals surface area contributed by atoms with Crippen LogP contribution in [0.5, 0.6) is 0 Å². The van der Waals surface area contributed by atoms with E-state index in [4.69, 9.17) is 13.9 Å². The molecule has 0 amide bonds. The summed E-state index contributed by atoms with van der Waals surface area (Å²) in [5.41, 5.74) is 1.29. The largest absolute Gasteiger partial charge is 0.417 e. The van der Waals surface area contributed by atoms with E-state index in [0.29, 0.717) is 19.3 Å². The number of hydrogen-bond donors (Lipinski definition) is 0. The Morgan fingerprint density at radius 1 is 1.04 bits per heavy atom. The van der Waals surface area contributed by atoms with Crippen molar-refractivity contribution in [1.82, 2.24) is 0 Å². The molecule has 0 aliphatic rings. The van der Waals surface area contributed by atoms with Gasteiger partial charge in [0.05, 0.1) is 6.61 Å². The molecule has 0 unspecified atom stereocenters. The second kappa shape index (κ2) is 11.8. The van der Waals surface area contributed by atoms with Crippen molar-refractivity contribution in [1.29, 1.82) is 0 Å². The third kappa shape index (κ3) is 13.3. The van der Waals surface area contributed by atoms with Crippen LogP contribution in [0.2, 0.25) is 43.8 Å². The number of rotatable bonds is 13. The third-order valence-corrected chi connectivity index (χ3v) is 11.4. The van der Waals surface area contributed by atoms with E-state index in [-0.39, 0.29) is 5.04 Å². The van der Waals surface area contributed by atoms with E-state index in [1.165, 1.54) is 18.0 Å². The average molecular weight is 403 g/mol. The van der Waals surface area contributed by atoms with Crippen molar-refractivity contribution in [3.05, 3.63) is 11.6 Å². The minimum atomic E-state index is -1.62. The smallest absolute Gasteiger partial charge is 0.191 e. The van der Waals surface area contributed by atoms with Crippen LogP contribution in [0.15, 0.2) is 11.6 Å². The molecule has 0 heterocycles. The maximum atomic E-state index is 6.32. The zero-order valence-corrected chi connectivity index (χ0v) is 21.3. The molecule has 0 bridgehead atoms. The zero-order chi connectivity index (χ0) is 20.4. The zero-order valence-electron chi connectivity index (χ0n) is 19.3. The van der Waals surface area contributed by atoms with E-state index < -0.39 is 16.4 Å². The predicted molar refractivity (Wildman–Crippen MR) is 120 cm³/mol. The molecule has 0 aliphatic carbocycles. The Morgan fingerprint density at radius 2 is 1.65 bits per heavy atom. The molecule has 156 valence electrons. The Kier molecular flexibility index (Phi) is 11.8. The minimum absolute atomic E-state index is 0.289. The lowest BCUT2D eigenvalue weighted by Gasteiger charge is -2.37. The summed E-state index contributed by atoms with van der Waals surface area (Å²) in [7, 11) is -2.61. The van der Waals surface area contributed by atoms with Crippen molar-refractivity contribution in [3.63, 3.8) is 0 Å². The van der Waals surface area contributed by atoms with Gasteiger partial charge in [0.2, 0.25) is 0 Å². The Labute approximate surface area is 166 Å². The fraction of sp³-hybridized carbons (Fsp3) is 0.905. The quantitative estimate of drug-likeness (QED) is 0.148. The third-order valence-electron chi connectivity index (χ3n) is 5.18. The molecule has 1 atom stereocenters. The lowest BCUT2D eigenvalue weighted by atomic mass is 10.1. The lowest BCUT2D eigenvalue weighted by Crippen LogP contribution is -2.41. The van der Waals surface area contributed by atoms with Gasteiger partial charge in [0.15, 0.2) is 8.32 Å². The number of hydrogen-bond acceptors (Lipinski definition) is 3. The first-order chi connectivity index (χ1) is 11.7. The molecule has 0 N–H and O–H groups in total. The summed E-state index contributed by atoms with van der Waals surface area (Å²) in [6, 6.07) is 1.19. The van der Waals surface area contributed by atoms with Gasteiger partial charge in [0, 0.05) is 21.3 Å². The summed E-state index contributed by atoms with van der Waals surface area (Å²) < 4.78 is 17.5. The van der Waals surface area contributed by atoms with Gasteiger partial charge in [-0.25, -0.2) is 0 Å². The summed E-state index contributed by atoms with van der Waals surface area (Å²) in [6.45, 7) is 25.8. The van der Waals surface area contributed by atoms with Gasteiger partial charge in [0.1, 0.15) is 6.79 Å². The molecule has 0 fully saturated rings. The van der Waals surface area contributed by atoms with Gasteiger partial charge in [-0.05, 0) is 49.9 Å². The molecular formula is C21H46O3Si2. The molecule has 0 aromatic carbocycles. The van der Waals surface area contributed by atoms with E-state index in [1.54, 1.807) is 0 Å². The Hall–Kier alpha value is 0.0538. The monoisotopic (exact) mass is 402 g/mol. The fourth-order valence-electron chi connectivity index (χ4n) is 2.02. The molecule has 0 aromatic heterocycles. The highest BCUT2D eigenvalue weighted by molar-refractivity contribution is 6.76. The summed E-state index contributed by atoms with van der Waals surface area (Å²) in [4.78, 5) is 0. The first-order valence-electron chi connectivity index (χ1n) is 10.2. The van der Waals surface area contributed by atoms with E-state index in [1.807, 2.05) is 0 Å². The minimum Gasteiger partial charge on any atom is -0.417 e. The molecule has 3 nitrogen and oxygen atoms in total. The van der Waals surface area contributed by atoms with Crippen molar-refractivity contribution in [3.8, 4) is 0 Å². The molecular weight excluding hydrogens is 356 g/mol.